The summed E-state index contributed by atoms with van der Waals surface area (Å²) in [7, 11) is 0. The maximum absolute atomic E-state index is 5.83. The first kappa shape index (κ1) is 11.7. The molecule has 1 atom stereocenters. The first-order valence-electron chi connectivity index (χ1n) is 5.79. The quantitative estimate of drug-likeness (QED) is 0.907. The zero-order valence-electron chi connectivity index (χ0n) is 9.83. The minimum absolute atomic E-state index is 0.752. The molecule has 88 valence electrons. The highest BCUT2D eigenvalue weighted by atomic mass is 79.9. The van der Waals surface area contributed by atoms with Gasteiger partial charge in [-0.25, -0.2) is 4.98 Å². The van der Waals surface area contributed by atoms with E-state index in [1.807, 2.05) is 6.92 Å². The van der Waals surface area contributed by atoms with E-state index in [2.05, 4.69) is 32.7 Å². The monoisotopic (exact) mass is 283 g/mol. The van der Waals surface area contributed by atoms with Crippen LogP contribution >= 0.6 is 15.9 Å². The second-order valence-corrected chi connectivity index (χ2v) is 5.28. The van der Waals surface area contributed by atoms with Crippen LogP contribution in [0.2, 0.25) is 0 Å². The summed E-state index contributed by atoms with van der Waals surface area (Å²) in [4.78, 5) is 6.80. The van der Waals surface area contributed by atoms with Gasteiger partial charge in [-0.05, 0) is 40.8 Å². The van der Waals surface area contributed by atoms with Gasteiger partial charge in [-0.2, -0.15) is 0 Å². The van der Waals surface area contributed by atoms with Crippen LogP contribution in [0.4, 0.5) is 11.5 Å². The second-order valence-electron chi connectivity index (χ2n) is 4.49. The smallest absolute Gasteiger partial charge is 0.143 e. The van der Waals surface area contributed by atoms with Crippen LogP contribution in [0, 0.1) is 12.8 Å². The van der Waals surface area contributed by atoms with E-state index in [0.717, 1.165) is 40.5 Å². The molecule has 0 aliphatic carbocycles. The predicted octanol–water partition coefficient (Wildman–Crippen LogP) is 2.97. The molecule has 0 spiro atoms. The van der Waals surface area contributed by atoms with Crippen LogP contribution in [-0.2, 0) is 0 Å². The van der Waals surface area contributed by atoms with Gasteiger partial charge in [0.05, 0.1) is 16.4 Å². The average Bonchev–Trinajstić information content (AvgIpc) is 2.74. The van der Waals surface area contributed by atoms with Crippen molar-refractivity contribution in [2.24, 2.45) is 5.92 Å². The molecule has 1 unspecified atom stereocenters. The molecule has 2 heterocycles. The molecule has 1 aliphatic rings. The Hall–Kier alpha value is -0.770. The second kappa shape index (κ2) is 4.62. The van der Waals surface area contributed by atoms with E-state index in [1.54, 1.807) is 6.20 Å². The van der Waals surface area contributed by atoms with E-state index in [1.165, 1.54) is 12.8 Å². The molecule has 2 rings (SSSR count). The summed E-state index contributed by atoms with van der Waals surface area (Å²) in [6.45, 7) is 6.50. The van der Waals surface area contributed by atoms with E-state index in [4.69, 9.17) is 5.73 Å². The molecule has 1 fully saturated rings. The van der Waals surface area contributed by atoms with Gasteiger partial charge in [0.2, 0.25) is 0 Å². The zero-order chi connectivity index (χ0) is 11.7. The molecule has 0 bridgehead atoms. The SMILES string of the molecule is CCC1CCN(c2ncc(N)c(C)c2Br)C1. The van der Waals surface area contributed by atoms with Gasteiger partial charge in [-0.3, -0.25) is 0 Å². The summed E-state index contributed by atoms with van der Waals surface area (Å²) in [5.74, 6) is 1.86. The Morgan fingerprint density at radius 3 is 3.00 bits per heavy atom. The van der Waals surface area contributed by atoms with E-state index in [-0.39, 0.29) is 0 Å². The number of anilines is 2. The molecule has 0 amide bonds. The lowest BCUT2D eigenvalue weighted by Gasteiger charge is -2.20. The van der Waals surface area contributed by atoms with Gasteiger partial charge in [0.25, 0.3) is 0 Å². The number of nitrogen functional groups attached to an aromatic ring is 1. The summed E-state index contributed by atoms with van der Waals surface area (Å²) in [6, 6.07) is 0. The highest BCUT2D eigenvalue weighted by molar-refractivity contribution is 9.10. The van der Waals surface area contributed by atoms with Crippen molar-refractivity contribution in [3.05, 3.63) is 16.2 Å². The lowest BCUT2D eigenvalue weighted by atomic mass is 10.1. The third kappa shape index (κ3) is 2.03. The molecule has 16 heavy (non-hydrogen) atoms. The zero-order valence-corrected chi connectivity index (χ0v) is 11.4. The van der Waals surface area contributed by atoms with Crippen molar-refractivity contribution >= 4 is 27.4 Å². The van der Waals surface area contributed by atoms with Crippen molar-refractivity contribution in [2.45, 2.75) is 26.7 Å². The fraction of sp³-hybridized carbons (Fsp3) is 0.583. The predicted molar refractivity (Wildman–Crippen MR) is 71.7 cm³/mol. The Bertz CT molecular complexity index is 392. The Kier molecular flexibility index (Phi) is 3.38. The van der Waals surface area contributed by atoms with Crippen LogP contribution in [0.25, 0.3) is 0 Å². The van der Waals surface area contributed by atoms with Gasteiger partial charge >= 0.3 is 0 Å². The fourth-order valence-electron chi connectivity index (χ4n) is 2.16. The van der Waals surface area contributed by atoms with E-state index >= 15 is 0 Å². The number of halogens is 1. The maximum atomic E-state index is 5.83. The topological polar surface area (TPSA) is 42.2 Å². The molecule has 1 aromatic rings. The van der Waals surface area contributed by atoms with Gasteiger partial charge in [0.1, 0.15) is 5.82 Å². The first-order chi connectivity index (χ1) is 7.63. The summed E-state index contributed by atoms with van der Waals surface area (Å²) < 4.78 is 1.05. The van der Waals surface area contributed by atoms with Crippen LogP contribution in [0.3, 0.4) is 0 Å². The van der Waals surface area contributed by atoms with Crippen LogP contribution in [-0.4, -0.2) is 18.1 Å². The number of aromatic nitrogens is 1. The first-order valence-corrected chi connectivity index (χ1v) is 6.58. The van der Waals surface area contributed by atoms with Gasteiger partial charge in [-0.1, -0.05) is 13.3 Å². The van der Waals surface area contributed by atoms with E-state index in [0.29, 0.717) is 0 Å². The minimum Gasteiger partial charge on any atom is -0.397 e. The summed E-state index contributed by atoms with van der Waals surface area (Å²) in [5, 5.41) is 0. The molecule has 0 aromatic carbocycles. The van der Waals surface area contributed by atoms with Crippen molar-refractivity contribution in [3.8, 4) is 0 Å². The van der Waals surface area contributed by atoms with Gasteiger partial charge in [0.15, 0.2) is 0 Å². The van der Waals surface area contributed by atoms with Crippen LogP contribution in [0.1, 0.15) is 25.3 Å². The van der Waals surface area contributed by atoms with E-state index < -0.39 is 0 Å². The third-order valence-electron chi connectivity index (χ3n) is 3.45. The molecule has 3 nitrogen and oxygen atoms in total. The Morgan fingerprint density at radius 1 is 1.62 bits per heavy atom. The highest BCUT2D eigenvalue weighted by Crippen LogP contribution is 2.33. The highest BCUT2D eigenvalue weighted by Gasteiger charge is 2.24. The molecular formula is C12H18BrN3. The number of nitrogens with two attached hydrogens (primary N) is 1. The minimum atomic E-state index is 0.752. The number of hydrogen-bond donors (Lipinski definition) is 1. The Labute approximate surface area is 105 Å². The fourth-order valence-corrected chi connectivity index (χ4v) is 2.74. The van der Waals surface area contributed by atoms with Crippen molar-refractivity contribution in [2.75, 3.05) is 23.7 Å². The standard InChI is InChI=1S/C12H18BrN3/c1-3-9-4-5-16(7-9)12-11(13)8(2)10(14)6-15-12/h6,9H,3-5,7,14H2,1-2H3. The summed E-state index contributed by atoms with van der Waals surface area (Å²) in [6.07, 6.45) is 4.28. The Morgan fingerprint density at radius 2 is 2.38 bits per heavy atom. The lowest BCUT2D eigenvalue weighted by molar-refractivity contribution is 0.568. The van der Waals surface area contributed by atoms with Crippen molar-refractivity contribution in [3.63, 3.8) is 0 Å². The number of rotatable bonds is 2. The van der Waals surface area contributed by atoms with Gasteiger partial charge in [-0.15, -0.1) is 0 Å². The molecule has 2 N–H and O–H groups in total. The van der Waals surface area contributed by atoms with Crippen LogP contribution in [0.15, 0.2) is 10.7 Å². The van der Waals surface area contributed by atoms with Gasteiger partial charge < -0.3 is 10.6 Å². The van der Waals surface area contributed by atoms with Crippen LogP contribution in [0.5, 0.6) is 0 Å². The number of pyridine rings is 1. The van der Waals surface area contributed by atoms with Crippen LogP contribution < -0.4 is 10.6 Å². The Balaban J connectivity index is 2.25. The van der Waals surface area contributed by atoms with Crippen molar-refractivity contribution < 1.29 is 0 Å². The molecule has 1 aliphatic heterocycles. The number of hydrogen-bond acceptors (Lipinski definition) is 3. The molecule has 0 saturated carbocycles. The maximum Gasteiger partial charge on any atom is 0.143 e. The average molecular weight is 284 g/mol. The normalized spacial score (nSPS) is 20.4. The van der Waals surface area contributed by atoms with E-state index in [9.17, 15) is 0 Å². The van der Waals surface area contributed by atoms with Crippen molar-refractivity contribution in [1.29, 1.82) is 0 Å². The lowest BCUT2D eigenvalue weighted by Crippen LogP contribution is -2.21. The molecule has 1 aromatic heterocycles. The summed E-state index contributed by atoms with van der Waals surface area (Å²) >= 11 is 3.60. The molecular weight excluding hydrogens is 266 g/mol. The third-order valence-corrected chi connectivity index (χ3v) is 4.40. The molecule has 0 radical (unpaired) electrons. The number of nitrogens with zero attached hydrogens (tertiary/aromatic N) is 2. The summed E-state index contributed by atoms with van der Waals surface area (Å²) in [5.41, 5.74) is 7.67. The van der Waals surface area contributed by atoms with Gasteiger partial charge in [0, 0.05) is 13.1 Å². The van der Waals surface area contributed by atoms with Crippen molar-refractivity contribution in [1.82, 2.24) is 4.98 Å². The molecule has 4 heteroatoms. The largest absolute Gasteiger partial charge is 0.397 e. The molecule has 1 saturated heterocycles.